The first-order valence-corrected chi connectivity index (χ1v) is 8.03. The minimum Gasteiger partial charge on any atom is -0.473 e. The number of carboxylic acid groups (broad SMARTS) is 2. The number of carbonyl (C=O) groups excluding carboxylic acids is 1. The van der Waals surface area contributed by atoms with Crippen molar-refractivity contribution in [3.8, 4) is 0 Å². The second-order valence-electron chi connectivity index (χ2n) is 6.63. The van der Waals surface area contributed by atoms with Gasteiger partial charge in [-0.1, -0.05) is 12.2 Å². The maximum absolute atomic E-state index is 11.1. The van der Waals surface area contributed by atoms with E-state index in [0.717, 1.165) is 43.7 Å². The van der Waals surface area contributed by atoms with Crippen molar-refractivity contribution in [2.75, 3.05) is 19.6 Å². The number of rotatable bonds is 3. The van der Waals surface area contributed by atoms with Crippen LogP contribution < -0.4 is 5.73 Å². The van der Waals surface area contributed by atoms with Crippen molar-refractivity contribution >= 4 is 17.8 Å². The molecule has 0 aromatic heterocycles. The van der Waals surface area contributed by atoms with Crippen LogP contribution in [0.5, 0.6) is 0 Å². The van der Waals surface area contributed by atoms with E-state index in [2.05, 4.69) is 17.1 Å². The van der Waals surface area contributed by atoms with Crippen LogP contribution in [-0.4, -0.2) is 52.6 Å². The van der Waals surface area contributed by atoms with Gasteiger partial charge in [0.2, 0.25) is 5.91 Å². The lowest BCUT2D eigenvalue weighted by atomic mass is 9.91. The van der Waals surface area contributed by atoms with E-state index in [-0.39, 0.29) is 11.8 Å². The highest BCUT2D eigenvalue weighted by Gasteiger charge is 2.36. The average Bonchev–Trinajstić information content (AvgIpc) is 3.11. The molecule has 3 atom stereocenters. The Bertz CT molecular complexity index is 485. The maximum Gasteiger partial charge on any atom is 0.414 e. The standard InChI is InChI=1S/C14H22N2O.C2H2O4/c15-14(17)11-3-5-16(6-4-11)9-13-8-10-1-2-12(13)7-10;3-1(4)2(5)6/h1-2,10-13H,3-9H2,(H2,15,17);(H,3,4)(H,5,6). The Morgan fingerprint density at radius 2 is 1.65 bits per heavy atom. The molecule has 0 aromatic rings. The number of hydrogen-bond donors (Lipinski definition) is 3. The van der Waals surface area contributed by atoms with Crippen LogP contribution in [0.25, 0.3) is 0 Å². The molecule has 2 aliphatic carbocycles. The summed E-state index contributed by atoms with van der Waals surface area (Å²) in [6.07, 6.45) is 9.53. The Balaban J connectivity index is 0.000000277. The van der Waals surface area contributed by atoms with Gasteiger partial charge in [-0.05, 0) is 56.5 Å². The number of primary amides is 1. The van der Waals surface area contributed by atoms with E-state index in [4.69, 9.17) is 25.5 Å². The summed E-state index contributed by atoms with van der Waals surface area (Å²) < 4.78 is 0. The molecule has 3 unspecified atom stereocenters. The number of nitrogens with two attached hydrogens (primary N) is 1. The number of aliphatic carboxylic acids is 2. The van der Waals surface area contributed by atoms with Gasteiger partial charge in [0.15, 0.2) is 0 Å². The lowest BCUT2D eigenvalue weighted by molar-refractivity contribution is -0.159. The van der Waals surface area contributed by atoms with Gasteiger partial charge in [0.1, 0.15) is 0 Å². The third-order valence-electron chi connectivity index (χ3n) is 5.08. The Labute approximate surface area is 135 Å². The minimum atomic E-state index is -1.82. The first-order valence-electron chi connectivity index (χ1n) is 8.03. The SMILES string of the molecule is NC(=O)C1CCN(CC2CC3C=CC2C3)CC1.O=C(O)C(=O)O. The Morgan fingerprint density at radius 3 is 2.04 bits per heavy atom. The van der Waals surface area contributed by atoms with Crippen LogP contribution >= 0.6 is 0 Å². The summed E-state index contributed by atoms with van der Waals surface area (Å²) in [6, 6.07) is 0. The predicted molar refractivity (Wildman–Crippen MR) is 82.5 cm³/mol. The van der Waals surface area contributed by atoms with E-state index in [1.165, 1.54) is 19.4 Å². The van der Waals surface area contributed by atoms with Crippen LogP contribution in [0.3, 0.4) is 0 Å². The number of carbonyl (C=O) groups is 3. The first kappa shape index (κ1) is 17.5. The lowest BCUT2D eigenvalue weighted by Crippen LogP contribution is -2.41. The van der Waals surface area contributed by atoms with Crippen molar-refractivity contribution in [1.82, 2.24) is 4.90 Å². The van der Waals surface area contributed by atoms with Crippen LogP contribution in [0.15, 0.2) is 12.2 Å². The van der Waals surface area contributed by atoms with Crippen LogP contribution in [0.1, 0.15) is 25.7 Å². The van der Waals surface area contributed by atoms with E-state index >= 15 is 0 Å². The molecule has 1 aliphatic heterocycles. The molecule has 1 saturated heterocycles. The minimum absolute atomic E-state index is 0.104. The summed E-state index contributed by atoms with van der Waals surface area (Å²) in [5.74, 6) is -1.04. The van der Waals surface area contributed by atoms with Crippen LogP contribution in [0, 0.1) is 23.7 Å². The van der Waals surface area contributed by atoms with Gasteiger partial charge in [0.05, 0.1) is 0 Å². The molecule has 0 spiro atoms. The molecule has 0 aromatic carbocycles. The van der Waals surface area contributed by atoms with Gasteiger partial charge in [0.25, 0.3) is 0 Å². The van der Waals surface area contributed by atoms with E-state index in [9.17, 15) is 4.79 Å². The summed E-state index contributed by atoms with van der Waals surface area (Å²) in [5.41, 5.74) is 5.36. The van der Waals surface area contributed by atoms with Gasteiger partial charge in [0, 0.05) is 12.5 Å². The van der Waals surface area contributed by atoms with Crippen molar-refractivity contribution in [3.63, 3.8) is 0 Å². The van der Waals surface area contributed by atoms with E-state index in [1.54, 1.807) is 0 Å². The number of likely N-dealkylation sites (tertiary alicyclic amines) is 1. The van der Waals surface area contributed by atoms with Gasteiger partial charge in [-0.15, -0.1) is 0 Å². The molecule has 7 heteroatoms. The fourth-order valence-corrected chi connectivity index (χ4v) is 3.84. The molecule has 2 bridgehead atoms. The Kier molecular flexibility index (Phi) is 5.76. The summed E-state index contributed by atoms with van der Waals surface area (Å²) in [4.78, 5) is 31.8. The normalized spacial score (nSPS) is 29.8. The van der Waals surface area contributed by atoms with Crippen LogP contribution in [0.4, 0.5) is 0 Å². The molecular weight excluding hydrogens is 300 g/mol. The molecule has 1 heterocycles. The molecule has 3 rings (SSSR count). The summed E-state index contributed by atoms with van der Waals surface area (Å²) in [5, 5.41) is 14.8. The predicted octanol–water partition coefficient (Wildman–Crippen LogP) is 0.551. The largest absolute Gasteiger partial charge is 0.473 e. The highest BCUT2D eigenvalue weighted by atomic mass is 16.4. The van der Waals surface area contributed by atoms with Gasteiger partial charge < -0.3 is 20.8 Å². The summed E-state index contributed by atoms with van der Waals surface area (Å²) in [6.45, 7) is 3.35. The van der Waals surface area contributed by atoms with Gasteiger partial charge >= 0.3 is 11.9 Å². The fourth-order valence-electron chi connectivity index (χ4n) is 3.84. The molecule has 3 aliphatic rings. The quantitative estimate of drug-likeness (QED) is 0.515. The topological polar surface area (TPSA) is 121 Å². The monoisotopic (exact) mass is 324 g/mol. The lowest BCUT2D eigenvalue weighted by Gasteiger charge is -2.33. The highest BCUT2D eigenvalue weighted by molar-refractivity contribution is 6.27. The Morgan fingerprint density at radius 1 is 1.04 bits per heavy atom. The van der Waals surface area contributed by atoms with Crippen molar-refractivity contribution in [2.45, 2.75) is 25.7 Å². The van der Waals surface area contributed by atoms with Crippen LogP contribution in [0.2, 0.25) is 0 Å². The number of amides is 1. The van der Waals surface area contributed by atoms with Gasteiger partial charge in [-0.2, -0.15) is 0 Å². The van der Waals surface area contributed by atoms with E-state index in [0.29, 0.717) is 0 Å². The highest BCUT2D eigenvalue weighted by Crippen LogP contribution is 2.43. The van der Waals surface area contributed by atoms with Crippen molar-refractivity contribution in [2.24, 2.45) is 29.4 Å². The summed E-state index contributed by atoms with van der Waals surface area (Å²) >= 11 is 0. The molecule has 4 N–H and O–H groups in total. The molecule has 0 radical (unpaired) electrons. The van der Waals surface area contributed by atoms with Gasteiger partial charge in [-0.3, -0.25) is 4.79 Å². The summed E-state index contributed by atoms with van der Waals surface area (Å²) in [7, 11) is 0. The van der Waals surface area contributed by atoms with Gasteiger partial charge in [-0.25, -0.2) is 9.59 Å². The fraction of sp³-hybridized carbons (Fsp3) is 0.688. The third-order valence-corrected chi connectivity index (χ3v) is 5.08. The number of fused-ring (bicyclic) bond motifs is 2. The number of hydrogen-bond acceptors (Lipinski definition) is 4. The van der Waals surface area contributed by atoms with Crippen molar-refractivity contribution < 1.29 is 24.6 Å². The maximum atomic E-state index is 11.1. The molecule has 7 nitrogen and oxygen atoms in total. The second kappa shape index (κ2) is 7.59. The molecule has 23 heavy (non-hydrogen) atoms. The van der Waals surface area contributed by atoms with Crippen molar-refractivity contribution in [3.05, 3.63) is 12.2 Å². The molecular formula is C16H24N2O5. The molecule has 1 amide bonds. The van der Waals surface area contributed by atoms with Crippen LogP contribution in [-0.2, 0) is 14.4 Å². The van der Waals surface area contributed by atoms with E-state index < -0.39 is 11.9 Å². The van der Waals surface area contributed by atoms with E-state index in [1.807, 2.05) is 0 Å². The zero-order valence-electron chi connectivity index (χ0n) is 13.1. The number of nitrogens with zero attached hydrogens (tertiary/aromatic N) is 1. The first-order chi connectivity index (χ1) is 10.9. The third kappa shape index (κ3) is 4.79. The molecule has 1 saturated carbocycles. The molecule has 2 fully saturated rings. The zero-order chi connectivity index (χ0) is 17.0. The number of carboxylic acids is 2. The smallest absolute Gasteiger partial charge is 0.414 e. The Hall–Kier alpha value is -1.89. The second-order valence-corrected chi connectivity index (χ2v) is 6.63. The average molecular weight is 324 g/mol. The van der Waals surface area contributed by atoms with Crippen molar-refractivity contribution in [1.29, 1.82) is 0 Å². The number of piperidine rings is 1. The number of allylic oxidation sites excluding steroid dienone is 2. The zero-order valence-corrected chi connectivity index (χ0v) is 13.1. The molecule has 128 valence electrons.